The Balaban J connectivity index is 0.000000180. The fraction of sp³-hybridized carbons (Fsp3) is 0.636. The number of rotatable bonds is 10. The first kappa shape index (κ1) is 22.1. The van der Waals surface area contributed by atoms with Gasteiger partial charge in [0, 0.05) is 45.3 Å². The number of carboxylic acid groups (broad SMARTS) is 1. The summed E-state index contributed by atoms with van der Waals surface area (Å²) in [5, 5.41) is 8.68. The molecule has 0 spiro atoms. The van der Waals surface area contributed by atoms with Gasteiger partial charge in [-0.3, -0.25) is 19.2 Å². The van der Waals surface area contributed by atoms with Gasteiger partial charge in [0.2, 0.25) is 11.6 Å². The van der Waals surface area contributed by atoms with Crippen LogP contribution >= 0.6 is 0 Å². The average molecular weight is 418 g/mol. The number of unbranched alkanes of at least 4 members (excludes halogenated alkanes) is 3. The molecular formula is C22H31N3O5. The molecule has 3 saturated heterocycles. The molecule has 0 aromatic rings. The summed E-state index contributed by atoms with van der Waals surface area (Å²) in [6.07, 6.45) is 6.11. The van der Waals surface area contributed by atoms with Gasteiger partial charge in [0.25, 0.3) is 0 Å². The highest BCUT2D eigenvalue weighted by Gasteiger charge is 2.43. The SMILES string of the molecule is CCCCCCC(C(C)=O)C(=O)O.O=C1C=C(N2CC2)C(=O)C(N2CC2)=C1N1CC1. The van der Waals surface area contributed by atoms with E-state index in [1.165, 1.54) is 13.0 Å². The van der Waals surface area contributed by atoms with E-state index in [0.717, 1.165) is 65.0 Å². The first-order chi connectivity index (χ1) is 14.3. The molecule has 30 heavy (non-hydrogen) atoms. The zero-order valence-electron chi connectivity index (χ0n) is 17.9. The molecule has 3 heterocycles. The van der Waals surface area contributed by atoms with Crippen molar-refractivity contribution in [2.75, 3.05) is 39.3 Å². The molecule has 1 atom stereocenters. The fourth-order valence-electron chi connectivity index (χ4n) is 3.55. The minimum Gasteiger partial charge on any atom is -0.481 e. The van der Waals surface area contributed by atoms with Crippen LogP contribution in [0.2, 0.25) is 0 Å². The van der Waals surface area contributed by atoms with Crippen LogP contribution in [0.25, 0.3) is 0 Å². The molecule has 1 unspecified atom stereocenters. The number of aliphatic carboxylic acids is 1. The Labute approximate surface area is 177 Å². The zero-order valence-corrected chi connectivity index (χ0v) is 17.9. The molecule has 3 fully saturated rings. The third-order valence-electron chi connectivity index (χ3n) is 5.62. The lowest BCUT2D eigenvalue weighted by Crippen LogP contribution is -2.29. The second-order valence-electron chi connectivity index (χ2n) is 8.23. The van der Waals surface area contributed by atoms with Gasteiger partial charge < -0.3 is 19.8 Å². The van der Waals surface area contributed by atoms with Gasteiger partial charge in [0.15, 0.2) is 0 Å². The lowest BCUT2D eigenvalue weighted by molar-refractivity contribution is -0.146. The fourth-order valence-corrected chi connectivity index (χ4v) is 3.55. The lowest BCUT2D eigenvalue weighted by Gasteiger charge is -2.21. The molecule has 164 valence electrons. The van der Waals surface area contributed by atoms with Crippen molar-refractivity contribution in [1.29, 1.82) is 0 Å². The standard InChI is InChI=1S/C12H13N3O2.C10H18O3/c16-9-7-8(13-1-2-13)12(17)11(15-5-6-15)10(9)14-3-4-14;1-3-4-5-6-7-9(8(2)11)10(12)13/h7H,1-6H2;9H,3-7H2,1-2H3,(H,12,13). The summed E-state index contributed by atoms with van der Waals surface area (Å²) in [7, 11) is 0. The van der Waals surface area contributed by atoms with Gasteiger partial charge in [0.1, 0.15) is 23.1 Å². The smallest absolute Gasteiger partial charge is 0.314 e. The quantitative estimate of drug-likeness (QED) is 0.247. The van der Waals surface area contributed by atoms with E-state index in [1.54, 1.807) is 0 Å². The van der Waals surface area contributed by atoms with Gasteiger partial charge >= 0.3 is 5.97 Å². The maximum Gasteiger partial charge on any atom is 0.314 e. The highest BCUT2D eigenvalue weighted by Crippen LogP contribution is 2.33. The number of hydrogen-bond acceptors (Lipinski definition) is 7. The molecule has 0 bridgehead atoms. The number of nitrogens with zero attached hydrogens (tertiary/aromatic N) is 3. The Bertz CT molecular complexity index is 775. The highest BCUT2D eigenvalue weighted by molar-refractivity contribution is 6.22. The Kier molecular flexibility index (Phi) is 6.95. The van der Waals surface area contributed by atoms with Crippen LogP contribution in [-0.4, -0.2) is 82.4 Å². The molecule has 1 aliphatic carbocycles. The summed E-state index contributed by atoms with van der Waals surface area (Å²) in [5.74, 6) is -1.95. The largest absolute Gasteiger partial charge is 0.481 e. The van der Waals surface area contributed by atoms with Crippen molar-refractivity contribution in [3.8, 4) is 0 Å². The predicted molar refractivity (Wildman–Crippen MR) is 110 cm³/mol. The second-order valence-corrected chi connectivity index (χ2v) is 8.23. The van der Waals surface area contributed by atoms with E-state index < -0.39 is 11.9 Å². The molecule has 0 aromatic heterocycles. The first-order valence-corrected chi connectivity index (χ1v) is 10.9. The number of carbonyl (C=O) groups is 4. The van der Waals surface area contributed by atoms with Crippen molar-refractivity contribution in [3.63, 3.8) is 0 Å². The normalized spacial score (nSPS) is 20.5. The van der Waals surface area contributed by atoms with E-state index in [2.05, 4.69) is 6.92 Å². The molecule has 1 N–H and O–H groups in total. The number of Topliss-reactive ketones (excluding diaryl/α,β-unsaturated/α-hetero) is 2. The van der Waals surface area contributed by atoms with Crippen LogP contribution in [0.15, 0.2) is 23.2 Å². The van der Waals surface area contributed by atoms with E-state index in [-0.39, 0.29) is 17.3 Å². The van der Waals surface area contributed by atoms with Crippen molar-refractivity contribution in [3.05, 3.63) is 23.2 Å². The van der Waals surface area contributed by atoms with E-state index in [4.69, 9.17) is 5.11 Å². The van der Waals surface area contributed by atoms with Crippen molar-refractivity contribution >= 4 is 23.3 Å². The van der Waals surface area contributed by atoms with E-state index in [1.807, 2.05) is 14.7 Å². The summed E-state index contributed by atoms with van der Waals surface area (Å²) < 4.78 is 0. The Morgan fingerprint density at radius 3 is 1.97 bits per heavy atom. The number of carboxylic acids is 1. The summed E-state index contributed by atoms with van der Waals surface area (Å²) in [6.45, 7) is 8.85. The van der Waals surface area contributed by atoms with Crippen LogP contribution in [-0.2, 0) is 19.2 Å². The first-order valence-electron chi connectivity index (χ1n) is 10.9. The summed E-state index contributed by atoms with van der Waals surface area (Å²) in [4.78, 5) is 51.9. The Morgan fingerprint density at radius 1 is 0.933 bits per heavy atom. The van der Waals surface area contributed by atoms with Gasteiger partial charge in [-0.15, -0.1) is 0 Å². The predicted octanol–water partition coefficient (Wildman–Crippen LogP) is 1.43. The highest BCUT2D eigenvalue weighted by atomic mass is 16.4. The van der Waals surface area contributed by atoms with Gasteiger partial charge in [-0.25, -0.2) is 0 Å². The van der Waals surface area contributed by atoms with Crippen LogP contribution in [0.1, 0.15) is 46.0 Å². The molecule has 8 nitrogen and oxygen atoms in total. The third-order valence-corrected chi connectivity index (χ3v) is 5.62. The molecule has 3 aliphatic heterocycles. The molecule has 0 amide bonds. The van der Waals surface area contributed by atoms with Crippen molar-refractivity contribution in [1.82, 2.24) is 14.7 Å². The van der Waals surface area contributed by atoms with E-state index in [0.29, 0.717) is 23.5 Å². The molecular weight excluding hydrogens is 386 g/mol. The average Bonchev–Trinajstić information content (AvgIpc) is 3.56. The van der Waals surface area contributed by atoms with Gasteiger partial charge in [-0.1, -0.05) is 32.6 Å². The number of hydrogen-bond donors (Lipinski definition) is 1. The molecule has 0 radical (unpaired) electrons. The van der Waals surface area contributed by atoms with Crippen LogP contribution < -0.4 is 0 Å². The minimum absolute atomic E-state index is 0.00546. The monoisotopic (exact) mass is 417 g/mol. The summed E-state index contributed by atoms with van der Waals surface area (Å²) in [5.41, 5.74) is 1.89. The Morgan fingerprint density at radius 2 is 1.50 bits per heavy atom. The van der Waals surface area contributed by atoms with E-state index >= 15 is 0 Å². The maximum absolute atomic E-state index is 12.4. The molecule has 0 aromatic carbocycles. The Hall–Kier alpha value is -2.64. The van der Waals surface area contributed by atoms with E-state index in [9.17, 15) is 19.2 Å². The molecule has 8 heteroatoms. The number of ketones is 3. The van der Waals surface area contributed by atoms with Crippen LogP contribution in [0, 0.1) is 5.92 Å². The number of allylic oxidation sites excluding steroid dienone is 1. The molecule has 0 saturated carbocycles. The second kappa shape index (κ2) is 9.45. The maximum atomic E-state index is 12.4. The van der Waals surface area contributed by atoms with Crippen LogP contribution in [0.5, 0.6) is 0 Å². The van der Waals surface area contributed by atoms with Crippen LogP contribution in [0.3, 0.4) is 0 Å². The van der Waals surface area contributed by atoms with Crippen LogP contribution in [0.4, 0.5) is 0 Å². The lowest BCUT2D eigenvalue weighted by atomic mass is 9.97. The molecule has 4 aliphatic rings. The van der Waals surface area contributed by atoms with Crippen molar-refractivity contribution < 1.29 is 24.3 Å². The summed E-state index contributed by atoms with van der Waals surface area (Å²) >= 11 is 0. The topological polar surface area (TPSA) is 97.5 Å². The number of carbonyl (C=O) groups excluding carboxylic acids is 3. The van der Waals surface area contributed by atoms with Gasteiger partial charge in [-0.05, 0) is 13.3 Å². The van der Waals surface area contributed by atoms with Crippen molar-refractivity contribution in [2.24, 2.45) is 5.92 Å². The summed E-state index contributed by atoms with van der Waals surface area (Å²) in [6, 6.07) is 0. The van der Waals surface area contributed by atoms with Crippen molar-refractivity contribution in [2.45, 2.75) is 46.0 Å². The van der Waals surface area contributed by atoms with Gasteiger partial charge in [-0.2, -0.15) is 0 Å². The third kappa shape index (κ3) is 5.49. The minimum atomic E-state index is -0.982. The zero-order chi connectivity index (χ0) is 21.8. The molecule has 4 rings (SSSR count). The van der Waals surface area contributed by atoms with Gasteiger partial charge in [0.05, 0.1) is 5.70 Å².